The Bertz CT molecular complexity index is 3280. The predicted octanol–water partition coefficient (Wildman–Crippen LogP) is 17.2. The van der Waals surface area contributed by atoms with Crippen LogP contribution in [0, 0.1) is 0 Å². The van der Waals surface area contributed by atoms with Crippen molar-refractivity contribution in [3.63, 3.8) is 0 Å². The fourth-order valence-electron chi connectivity index (χ4n) is 9.97. The molecule has 0 N–H and O–H groups in total. The van der Waals surface area contributed by atoms with E-state index in [1.807, 2.05) is 0 Å². The maximum atomic E-state index is 2.48. The minimum atomic E-state index is 1.11. The second kappa shape index (κ2) is 14.8. The maximum Gasteiger partial charge on any atom is 0.0619 e. The third-order valence-electron chi connectivity index (χ3n) is 12.5. The Kier molecular flexibility index (Phi) is 8.53. The van der Waals surface area contributed by atoms with Crippen molar-refractivity contribution in [3.8, 4) is 11.1 Å². The summed E-state index contributed by atoms with van der Waals surface area (Å²) in [5, 5.41) is 14.4. The van der Waals surface area contributed by atoms with Crippen LogP contribution in [0.2, 0.25) is 0 Å². The summed E-state index contributed by atoms with van der Waals surface area (Å²) in [6, 6.07) is 88.6. The van der Waals surface area contributed by atoms with Gasteiger partial charge in [-0.1, -0.05) is 206 Å². The lowest BCUT2D eigenvalue weighted by atomic mass is 9.84. The Balaban J connectivity index is 1.22. The summed E-state index contributed by atoms with van der Waals surface area (Å²) in [7, 11) is 0. The summed E-state index contributed by atoms with van der Waals surface area (Å²) in [6.07, 6.45) is 0. The molecule has 0 bridgehead atoms. The van der Waals surface area contributed by atoms with Crippen molar-refractivity contribution < 1.29 is 0 Å². The monoisotopic (exact) mass is 788 g/mol. The molecule has 0 saturated heterocycles. The topological polar surface area (TPSA) is 6.48 Å². The van der Waals surface area contributed by atoms with Gasteiger partial charge in [0.1, 0.15) is 0 Å². The molecular formula is C60H40N2. The van der Waals surface area contributed by atoms with Gasteiger partial charge in [0.2, 0.25) is 0 Å². The standard InChI is InChI=1S/C60H40N2/c1-3-25-43(26-4-1)61(55-39-19-23-41-21-7-9-29-45(41)55)59-51-35-15-11-31-47(51)57(48-32-12-16-36-52(48)59)58-49-33-13-17-37-53(49)60(54-38-18-14-34-50(54)58)62(44-27-5-2-6-28-44)56-40-20-24-42-22-8-10-30-46(42)56/h1-40H. The molecular weight excluding hydrogens is 749 g/mol. The van der Waals surface area contributed by atoms with Crippen LogP contribution in [0.15, 0.2) is 243 Å². The Morgan fingerprint density at radius 2 is 0.452 bits per heavy atom. The van der Waals surface area contributed by atoms with Crippen molar-refractivity contribution in [2.75, 3.05) is 9.80 Å². The maximum absolute atomic E-state index is 2.48. The highest BCUT2D eigenvalue weighted by molar-refractivity contribution is 6.31. The SMILES string of the molecule is c1ccc(N(c2cccc3ccccc23)c2c3ccccc3c(-c3c4ccccc4c(N(c4ccccc4)c4cccc5ccccc45)c4ccccc34)c3ccccc23)cc1. The third kappa shape index (κ3) is 5.65. The van der Waals surface area contributed by atoms with E-state index >= 15 is 0 Å². The molecule has 0 aliphatic rings. The Morgan fingerprint density at radius 3 is 0.790 bits per heavy atom. The summed E-state index contributed by atoms with van der Waals surface area (Å²) in [4.78, 5) is 4.97. The number of anilines is 6. The predicted molar refractivity (Wildman–Crippen MR) is 266 cm³/mol. The van der Waals surface area contributed by atoms with Crippen LogP contribution in [-0.2, 0) is 0 Å². The minimum absolute atomic E-state index is 1.11. The largest absolute Gasteiger partial charge is 0.309 e. The summed E-state index contributed by atoms with van der Waals surface area (Å²) in [5.41, 5.74) is 9.32. The fourth-order valence-corrected chi connectivity index (χ4v) is 9.97. The van der Waals surface area contributed by atoms with Gasteiger partial charge in [0, 0.05) is 43.7 Å². The summed E-state index contributed by atoms with van der Waals surface area (Å²) < 4.78 is 0. The fraction of sp³-hybridized carbons (Fsp3) is 0. The van der Waals surface area contributed by atoms with Crippen LogP contribution in [0.25, 0.3) is 75.8 Å². The van der Waals surface area contributed by atoms with Crippen molar-refractivity contribution in [1.82, 2.24) is 0 Å². The molecule has 0 aliphatic carbocycles. The van der Waals surface area contributed by atoms with Gasteiger partial charge >= 0.3 is 0 Å². The van der Waals surface area contributed by atoms with Crippen molar-refractivity contribution in [2.45, 2.75) is 0 Å². The van der Waals surface area contributed by atoms with Gasteiger partial charge in [0.25, 0.3) is 0 Å². The van der Waals surface area contributed by atoms with E-state index in [-0.39, 0.29) is 0 Å². The van der Waals surface area contributed by atoms with Crippen LogP contribution < -0.4 is 9.80 Å². The minimum Gasteiger partial charge on any atom is -0.309 e. The van der Waals surface area contributed by atoms with Gasteiger partial charge in [-0.15, -0.1) is 0 Å². The highest BCUT2D eigenvalue weighted by Crippen LogP contribution is 2.54. The van der Waals surface area contributed by atoms with Gasteiger partial charge in [0.15, 0.2) is 0 Å². The zero-order chi connectivity index (χ0) is 41.0. The smallest absolute Gasteiger partial charge is 0.0619 e. The van der Waals surface area contributed by atoms with Crippen molar-refractivity contribution >= 4 is 98.8 Å². The van der Waals surface area contributed by atoms with Crippen molar-refractivity contribution in [1.29, 1.82) is 0 Å². The first-order valence-corrected chi connectivity index (χ1v) is 21.4. The molecule has 0 aromatic heterocycles. The van der Waals surface area contributed by atoms with E-state index < -0.39 is 0 Å². The quantitative estimate of drug-likeness (QED) is 0.148. The zero-order valence-electron chi connectivity index (χ0n) is 34.0. The lowest BCUT2D eigenvalue weighted by Crippen LogP contribution is -2.12. The number of para-hydroxylation sites is 2. The molecule has 12 aromatic carbocycles. The second-order valence-electron chi connectivity index (χ2n) is 16.0. The summed E-state index contributed by atoms with van der Waals surface area (Å²) in [5.74, 6) is 0. The first kappa shape index (κ1) is 35.7. The van der Waals surface area contributed by atoms with E-state index in [4.69, 9.17) is 0 Å². The van der Waals surface area contributed by atoms with Gasteiger partial charge in [-0.2, -0.15) is 0 Å². The van der Waals surface area contributed by atoms with Gasteiger partial charge in [-0.05, 0) is 79.8 Å². The molecule has 0 fully saturated rings. The van der Waals surface area contributed by atoms with Gasteiger partial charge in [-0.25, -0.2) is 0 Å². The van der Waals surface area contributed by atoms with Crippen LogP contribution in [0.4, 0.5) is 34.1 Å². The van der Waals surface area contributed by atoms with Crippen molar-refractivity contribution in [3.05, 3.63) is 243 Å². The van der Waals surface area contributed by atoms with Crippen LogP contribution in [0.3, 0.4) is 0 Å². The molecule has 0 unspecified atom stereocenters. The van der Waals surface area contributed by atoms with E-state index in [0.29, 0.717) is 0 Å². The molecule has 0 heterocycles. The van der Waals surface area contributed by atoms with E-state index in [9.17, 15) is 0 Å². The molecule has 0 radical (unpaired) electrons. The first-order valence-electron chi connectivity index (χ1n) is 21.4. The highest BCUT2D eigenvalue weighted by Gasteiger charge is 2.27. The number of benzene rings is 12. The number of rotatable bonds is 7. The van der Waals surface area contributed by atoms with E-state index in [1.54, 1.807) is 0 Å². The number of hydrogen-bond acceptors (Lipinski definition) is 2. The van der Waals surface area contributed by atoms with Gasteiger partial charge in [-0.3, -0.25) is 0 Å². The van der Waals surface area contributed by atoms with Crippen LogP contribution >= 0.6 is 0 Å². The molecule has 0 saturated carbocycles. The highest BCUT2D eigenvalue weighted by atomic mass is 15.2. The summed E-state index contributed by atoms with van der Waals surface area (Å²) in [6.45, 7) is 0. The molecule has 0 aliphatic heterocycles. The van der Waals surface area contributed by atoms with E-state index in [2.05, 4.69) is 252 Å². The summed E-state index contributed by atoms with van der Waals surface area (Å²) >= 11 is 0. The third-order valence-corrected chi connectivity index (χ3v) is 12.5. The lowest BCUT2D eigenvalue weighted by Gasteiger charge is -2.32. The number of hydrogen-bond donors (Lipinski definition) is 0. The second-order valence-corrected chi connectivity index (χ2v) is 16.0. The molecule has 0 amide bonds. The van der Waals surface area contributed by atoms with Gasteiger partial charge in [0.05, 0.1) is 22.7 Å². The number of fused-ring (bicyclic) bond motifs is 6. The number of nitrogens with zero attached hydrogens (tertiary/aromatic N) is 2. The molecule has 12 aromatic rings. The van der Waals surface area contributed by atoms with Crippen LogP contribution in [0.1, 0.15) is 0 Å². The molecule has 2 nitrogen and oxygen atoms in total. The average molecular weight is 789 g/mol. The molecule has 12 rings (SSSR count). The van der Waals surface area contributed by atoms with Crippen LogP contribution in [0.5, 0.6) is 0 Å². The van der Waals surface area contributed by atoms with Crippen molar-refractivity contribution in [2.24, 2.45) is 0 Å². The molecule has 0 spiro atoms. The molecule has 290 valence electrons. The molecule has 62 heavy (non-hydrogen) atoms. The molecule has 2 heteroatoms. The Labute approximate surface area is 360 Å². The van der Waals surface area contributed by atoms with Crippen LogP contribution in [-0.4, -0.2) is 0 Å². The molecule has 0 atom stereocenters. The zero-order valence-corrected chi connectivity index (χ0v) is 34.0. The normalized spacial score (nSPS) is 11.5. The van der Waals surface area contributed by atoms with Gasteiger partial charge < -0.3 is 9.80 Å². The Morgan fingerprint density at radius 1 is 0.194 bits per heavy atom. The van der Waals surface area contributed by atoms with E-state index in [0.717, 1.165) is 22.7 Å². The average Bonchev–Trinajstić information content (AvgIpc) is 3.35. The van der Waals surface area contributed by atoms with E-state index in [1.165, 1.54) is 87.1 Å². The Hall–Kier alpha value is -8.20. The lowest BCUT2D eigenvalue weighted by molar-refractivity contribution is 1.32. The first-order chi connectivity index (χ1) is 30.8.